The minimum Gasteiger partial charge on any atom is -0.347 e. The number of Topliss-reactive ketones (excluding diaryl/α,β-unsaturated/α-hetero) is 1. The van der Waals surface area contributed by atoms with Gasteiger partial charge >= 0.3 is 0 Å². The van der Waals surface area contributed by atoms with Crippen LogP contribution in [-0.4, -0.2) is 30.8 Å². The van der Waals surface area contributed by atoms with Crippen molar-refractivity contribution in [3.8, 4) is 0 Å². The molecule has 2 rings (SSSR count). The van der Waals surface area contributed by atoms with Gasteiger partial charge in [0.2, 0.25) is 5.78 Å². The van der Waals surface area contributed by atoms with Gasteiger partial charge in [0.15, 0.2) is 0 Å². The summed E-state index contributed by atoms with van der Waals surface area (Å²) in [5, 5.41) is 5.67. The maximum Gasteiger partial charge on any atom is 0.289 e. The Hall–Kier alpha value is -0.900. The standard InChI is InChI=1S/C11H18N2O2/c1-12-9(6-7-2-3-7)10(14)11(15)13-8-4-5-8/h7-9,12H,2-6H2,1H3,(H,13,15)/t9-/m0/s1. The number of hydrogen-bond acceptors (Lipinski definition) is 3. The lowest BCUT2D eigenvalue weighted by atomic mass is 10.1. The van der Waals surface area contributed by atoms with E-state index in [1.807, 2.05) is 0 Å². The molecule has 0 saturated heterocycles. The van der Waals surface area contributed by atoms with Crippen LogP contribution in [-0.2, 0) is 9.59 Å². The van der Waals surface area contributed by atoms with Crippen molar-refractivity contribution < 1.29 is 9.59 Å². The van der Waals surface area contributed by atoms with Crippen molar-refractivity contribution in [2.75, 3.05) is 7.05 Å². The SMILES string of the molecule is CN[C@@H](CC1CC1)C(=O)C(=O)NC1CC1. The summed E-state index contributed by atoms with van der Waals surface area (Å²) in [6.45, 7) is 0. The van der Waals surface area contributed by atoms with Gasteiger partial charge in [-0.05, 0) is 32.2 Å². The van der Waals surface area contributed by atoms with E-state index in [9.17, 15) is 9.59 Å². The molecule has 2 aliphatic rings. The largest absolute Gasteiger partial charge is 0.347 e. The van der Waals surface area contributed by atoms with E-state index >= 15 is 0 Å². The average Bonchev–Trinajstić information content (AvgIpc) is 3.07. The van der Waals surface area contributed by atoms with Crippen LogP contribution < -0.4 is 10.6 Å². The van der Waals surface area contributed by atoms with Crippen LogP contribution in [0.5, 0.6) is 0 Å². The van der Waals surface area contributed by atoms with Crippen LogP contribution in [0.2, 0.25) is 0 Å². The van der Waals surface area contributed by atoms with E-state index < -0.39 is 5.91 Å². The quantitative estimate of drug-likeness (QED) is 0.617. The zero-order valence-corrected chi connectivity index (χ0v) is 9.08. The Morgan fingerprint density at radius 3 is 2.40 bits per heavy atom. The summed E-state index contributed by atoms with van der Waals surface area (Å²) in [6, 6.07) is -0.0175. The van der Waals surface area contributed by atoms with E-state index in [2.05, 4.69) is 10.6 Å². The molecule has 15 heavy (non-hydrogen) atoms. The number of likely N-dealkylation sites (N-methyl/N-ethyl adjacent to an activating group) is 1. The van der Waals surface area contributed by atoms with Crippen molar-refractivity contribution >= 4 is 11.7 Å². The van der Waals surface area contributed by atoms with Crippen LogP contribution in [0.25, 0.3) is 0 Å². The molecule has 0 aromatic heterocycles. The number of carbonyl (C=O) groups excluding carboxylic acids is 2. The maximum atomic E-state index is 11.7. The second kappa shape index (κ2) is 4.31. The lowest BCUT2D eigenvalue weighted by Crippen LogP contribution is -2.44. The Balaban J connectivity index is 1.81. The highest BCUT2D eigenvalue weighted by molar-refractivity contribution is 6.38. The first-order chi connectivity index (χ1) is 7.20. The molecule has 2 fully saturated rings. The summed E-state index contributed by atoms with van der Waals surface area (Å²) in [4.78, 5) is 23.2. The first kappa shape index (κ1) is 10.6. The van der Waals surface area contributed by atoms with Crippen LogP contribution in [0.4, 0.5) is 0 Å². The maximum absolute atomic E-state index is 11.7. The number of hydrogen-bond donors (Lipinski definition) is 2. The van der Waals surface area contributed by atoms with Gasteiger partial charge in [0.25, 0.3) is 5.91 Å². The predicted molar refractivity (Wildman–Crippen MR) is 56.4 cm³/mol. The lowest BCUT2D eigenvalue weighted by molar-refractivity contribution is -0.139. The molecule has 2 aliphatic carbocycles. The summed E-state index contributed by atoms with van der Waals surface area (Å²) in [7, 11) is 1.75. The van der Waals surface area contributed by atoms with Gasteiger partial charge in [-0.3, -0.25) is 9.59 Å². The third-order valence-corrected chi connectivity index (χ3v) is 3.07. The number of nitrogens with one attached hydrogen (secondary N) is 2. The molecule has 0 aromatic carbocycles. The molecule has 0 heterocycles. The van der Waals surface area contributed by atoms with Gasteiger partial charge in [0.05, 0.1) is 6.04 Å². The lowest BCUT2D eigenvalue weighted by Gasteiger charge is -2.13. The van der Waals surface area contributed by atoms with E-state index in [1.165, 1.54) is 12.8 Å². The minimum absolute atomic E-state index is 0.264. The van der Waals surface area contributed by atoms with Crippen LogP contribution in [0, 0.1) is 5.92 Å². The topological polar surface area (TPSA) is 58.2 Å². The summed E-state index contributed by atoms with van der Waals surface area (Å²) in [5.41, 5.74) is 0. The van der Waals surface area contributed by atoms with Gasteiger partial charge in [-0.25, -0.2) is 0 Å². The Kier molecular flexibility index (Phi) is 3.05. The fraction of sp³-hybridized carbons (Fsp3) is 0.818. The van der Waals surface area contributed by atoms with Crippen molar-refractivity contribution in [2.45, 2.75) is 44.2 Å². The van der Waals surface area contributed by atoms with Crippen LogP contribution >= 0.6 is 0 Å². The number of rotatable bonds is 6. The zero-order valence-electron chi connectivity index (χ0n) is 9.08. The highest BCUT2D eigenvalue weighted by Crippen LogP contribution is 2.33. The Bertz CT molecular complexity index is 270. The first-order valence-corrected chi connectivity index (χ1v) is 5.72. The Labute approximate surface area is 89.8 Å². The molecule has 0 unspecified atom stereocenters. The average molecular weight is 210 g/mol. The van der Waals surface area contributed by atoms with E-state index in [0.29, 0.717) is 5.92 Å². The van der Waals surface area contributed by atoms with E-state index in [-0.39, 0.29) is 17.9 Å². The Morgan fingerprint density at radius 2 is 1.93 bits per heavy atom. The second-order valence-corrected chi connectivity index (χ2v) is 4.63. The number of ketones is 1. The smallest absolute Gasteiger partial charge is 0.289 e. The molecule has 4 nitrogen and oxygen atoms in total. The zero-order chi connectivity index (χ0) is 10.8. The van der Waals surface area contributed by atoms with Crippen molar-refractivity contribution in [3.05, 3.63) is 0 Å². The third kappa shape index (κ3) is 3.02. The molecular formula is C11H18N2O2. The normalized spacial score (nSPS) is 22.2. The van der Waals surface area contributed by atoms with Gasteiger partial charge in [-0.15, -0.1) is 0 Å². The predicted octanol–water partition coefficient (Wildman–Crippen LogP) is 0.222. The molecule has 0 aliphatic heterocycles. The Morgan fingerprint density at radius 1 is 1.27 bits per heavy atom. The number of amides is 1. The second-order valence-electron chi connectivity index (χ2n) is 4.63. The van der Waals surface area contributed by atoms with Crippen LogP contribution in [0.1, 0.15) is 32.1 Å². The highest BCUT2D eigenvalue weighted by atomic mass is 16.2. The van der Waals surface area contributed by atoms with Crippen molar-refractivity contribution in [1.29, 1.82) is 0 Å². The molecule has 2 saturated carbocycles. The molecular weight excluding hydrogens is 192 g/mol. The molecule has 0 radical (unpaired) electrons. The number of carbonyl (C=O) groups is 2. The molecule has 1 amide bonds. The van der Waals surface area contributed by atoms with Crippen LogP contribution in [0.15, 0.2) is 0 Å². The van der Waals surface area contributed by atoms with E-state index in [4.69, 9.17) is 0 Å². The molecule has 0 spiro atoms. The molecule has 0 aromatic rings. The molecule has 1 atom stereocenters. The third-order valence-electron chi connectivity index (χ3n) is 3.07. The molecule has 84 valence electrons. The molecule has 4 heteroatoms. The monoisotopic (exact) mass is 210 g/mol. The fourth-order valence-electron chi connectivity index (χ4n) is 1.69. The summed E-state index contributed by atoms with van der Waals surface area (Å²) >= 11 is 0. The molecule has 0 bridgehead atoms. The van der Waals surface area contributed by atoms with Gasteiger partial charge in [-0.1, -0.05) is 12.8 Å². The van der Waals surface area contributed by atoms with Gasteiger partial charge < -0.3 is 10.6 Å². The van der Waals surface area contributed by atoms with Gasteiger partial charge in [-0.2, -0.15) is 0 Å². The van der Waals surface area contributed by atoms with Crippen LogP contribution in [0.3, 0.4) is 0 Å². The van der Waals surface area contributed by atoms with Gasteiger partial charge in [0, 0.05) is 6.04 Å². The van der Waals surface area contributed by atoms with E-state index in [0.717, 1.165) is 19.3 Å². The van der Waals surface area contributed by atoms with Gasteiger partial charge in [0.1, 0.15) is 0 Å². The van der Waals surface area contributed by atoms with E-state index in [1.54, 1.807) is 7.05 Å². The minimum atomic E-state index is -0.405. The highest BCUT2D eigenvalue weighted by Gasteiger charge is 2.33. The van der Waals surface area contributed by atoms with Crippen molar-refractivity contribution in [3.63, 3.8) is 0 Å². The summed E-state index contributed by atoms with van der Waals surface area (Å²) in [6.07, 6.45) is 5.26. The van der Waals surface area contributed by atoms with Crippen molar-refractivity contribution in [2.24, 2.45) is 5.92 Å². The fourth-order valence-corrected chi connectivity index (χ4v) is 1.69. The first-order valence-electron chi connectivity index (χ1n) is 5.72. The van der Waals surface area contributed by atoms with Crippen molar-refractivity contribution in [1.82, 2.24) is 10.6 Å². The summed E-state index contributed by atoms with van der Waals surface area (Å²) < 4.78 is 0. The molecule has 2 N–H and O–H groups in total. The summed E-state index contributed by atoms with van der Waals surface area (Å²) in [5.74, 6) is -0.0473.